The number of likely N-dealkylation sites (tertiary alicyclic amines) is 2. The van der Waals surface area contributed by atoms with E-state index in [1.54, 1.807) is 17.0 Å². The van der Waals surface area contributed by atoms with Crippen LogP contribution in [0.25, 0.3) is 0 Å². The highest BCUT2D eigenvalue weighted by Gasteiger charge is 2.35. The number of aromatic carboxylic acids is 1. The number of nitrogens with one attached hydrogen (secondary N) is 1. The molecule has 2 saturated heterocycles. The van der Waals surface area contributed by atoms with Gasteiger partial charge in [0, 0.05) is 38.4 Å². The van der Waals surface area contributed by atoms with Crippen LogP contribution in [-0.4, -0.2) is 71.4 Å². The third-order valence-electron chi connectivity index (χ3n) is 5.81. The second kappa shape index (κ2) is 9.67. The largest absolute Gasteiger partial charge is 0.478 e. The molecule has 0 saturated carbocycles. The fourth-order valence-electron chi connectivity index (χ4n) is 4.10. The third kappa shape index (κ3) is 5.07. The highest BCUT2D eigenvalue weighted by molar-refractivity contribution is 5.95. The van der Waals surface area contributed by atoms with Crippen LogP contribution in [0.5, 0.6) is 0 Å². The highest BCUT2D eigenvalue weighted by Crippen LogP contribution is 2.25. The van der Waals surface area contributed by atoms with E-state index in [1.807, 2.05) is 4.90 Å². The zero-order valence-corrected chi connectivity index (χ0v) is 17.6. The molecule has 0 bridgehead atoms. The summed E-state index contributed by atoms with van der Waals surface area (Å²) in [5, 5.41) is 12.2. The van der Waals surface area contributed by atoms with Crippen molar-refractivity contribution in [2.75, 3.05) is 32.0 Å². The number of hydrogen-bond donors (Lipinski definition) is 4. The van der Waals surface area contributed by atoms with Crippen LogP contribution < -0.4 is 16.8 Å². The molecule has 2 aliphatic heterocycles. The minimum absolute atomic E-state index is 0.0157. The molecular formula is C21H29FN6O3. The second-order valence-corrected chi connectivity index (χ2v) is 7.80. The molecule has 0 aromatic heterocycles. The first-order valence-electron chi connectivity index (χ1n) is 10.3. The molecule has 1 aromatic carbocycles. The number of carbonyl (C=O) groups is 2. The Hall–Kier alpha value is -3.30. The van der Waals surface area contributed by atoms with E-state index in [-0.39, 0.29) is 29.2 Å². The van der Waals surface area contributed by atoms with E-state index in [0.717, 1.165) is 19.3 Å². The normalized spacial score (nSPS) is 23.4. The van der Waals surface area contributed by atoms with Crippen LogP contribution in [-0.2, 0) is 4.79 Å². The Kier molecular flexibility index (Phi) is 6.98. The number of amides is 1. The maximum absolute atomic E-state index is 14.3. The van der Waals surface area contributed by atoms with Gasteiger partial charge in [0.05, 0.1) is 5.56 Å². The van der Waals surface area contributed by atoms with Crippen molar-refractivity contribution in [3.8, 4) is 0 Å². The monoisotopic (exact) mass is 432 g/mol. The number of nitrogens with two attached hydrogens (primary N) is 2. The van der Waals surface area contributed by atoms with Gasteiger partial charge in [-0.3, -0.25) is 9.79 Å². The van der Waals surface area contributed by atoms with Gasteiger partial charge in [-0.15, -0.1) is 0 Å². The first kappa shape index (κ1) is 22.4. The average Bonchev–Trinajstić information content (AvgIpc) is 2.79. The molecule has 6 N–H and O–H groups in total. The minimum Gasteiger partial charge on any atom is -0.478 e. The number of amidine groups is 1. The lowest BCUT2D eigenvalue weighted by Gasteiger charge is -2.43. The molecule has 10 heteroatoms. The number of carboxylic acids is 1. The molecule has 2 atom stereocenters. The predicted molar refractivity (Wildman–Crippen MR) is 116 cm³/mol. The van der Waals surface area contributed by atoms with Crippen molar-refractivity contribution in [2.45, 2.75) is 37.8 Å². The summed E-state index contributed by atoms with van der Waals surface area (Å²) in [5.41, 5.74) is 12.4. The van der Waals surface area contributed by atoms with Crippen molar-refractivity contribution in [2.24, 2.45) is 16.5 Å². The summed E-state index contributed by atoms with van der Waals surface area (Å²) in [6, 6.07) is 5.85. The third-order valence-corrected chi connectivity index (χ3v) is 5.81. The van der Waals surface area contributed by atoms with Gasteiger partial charge >= 0.3 is 5.97 Å². The van der Waals surface area contributed by atoms with Gasteiger partial charge in [-0.05, 0) is 49.9 Å². The lowest BCUT2D eigenvalue weighted by atomic mass is 9.97. The van der Waals surface area contributed by atoms with E-state index in [1.165, 1.54) is 19.2 Å². The minimum atomic E-state index is -0.995. The summed E-state index contributed by atoms with van der Waals surface area (Å²) in [4.78, 5) is 31.4. The Morgan fingerprint density at radius 1 is 1.19 bits per heavy atom. The van der Waals surface area contributed by atoms with Crippen molar-refractivity contribution in [3.05, 3.63) is 41.5 Å². The number of halogens is 1. The Labute approximate surface area is 180 Å². The Morgan fingerprint density at radius 3 is 2.52 bits per heavy atom. The summed E-state index contributed by atoms with van der Waals surface area (Å²) in [7, 11) is 1.40. The Balaban J connectivity index is 1.68. The lowest BCUT2D eigenvalue weighted by molar-refractivity contribution is -0.137. The Bertz CT molecular complexity index is 886. The zero-order chi connectivity index (χ0) is 22.5. The molecule has 3 rings (SSSR count). The second-order valence-electron chi connectivity index (χ2n) is 7.80. The van der Waals surface area contributed by atoms with Gasteiger partial charge in [0.1, 0.15) is 11.9 Å². The van der Waals surface area contributed by atoms with Crippen molar-refractivity contribution in [1.82, 2.24) is 9.80 Å². The van der Waals surface area contributed by atoms with E-state index in [4.69, 9.17) is 16.6 Å². The molecule has 31 heavy (non-hydrogen) atoms. The number of carbonyl (C=O) groups excluding carboxylic acids is 1. The first-order chi connectivity index (χ1) is 14.8. The van der Waals surface area contributed by atoms with Crippen molar-refractivity contribution < 1.29 is 19.1 Å². The maximum atomic E-state index is 14.3. The van der Waals surface area contributed by atoms with Gasteiger partial charge in [-0.25, -0.2) is 4.79 Å². The SMILES string of the molecule is CN=C(N)C(F)=C(N)N1CCC[C@@H](N2CCCC(Nc3ccc(C(=O)O)cc3)C2=O)C1. The van der Waals surface area contributed by atoms with Crippen molar-refractivity contribution >= 4 is 23.4 Å². The standard InChI is InChI=1S/C21H29FN6O3/c1-25-18(23)17(22)19(24)27-10-2-4-15(12-27)28-11-3-5-16(20(28)29)26-14-8-6-13(7-9-14)21(30)31/h6-9,15-16,26H,2-5,10-12,24H2,1H3,(H2,23,25)(H,30,31)/t15-,16?/m1/s1. The maximum Gasteiger partial charge on any atom is 0.335 e. The molecule has 0 aliphatic carbocycles. The molecule has 0 radical (unpaired) electrons. The molecule has 1 aromatic rings. The number of nitrogens with zero attached hydrogens (tertiary/aromatic N) is 3. The fourth-order valence-corrected chi connectivity index (χ4v) is 4.10. The number of rotatable bonds is 6. The van der Waals surface area contributed by atoms with Gasteiger partial charge in [0.15, 0.2) is 5.84 Å². The van der Waals surface area contributed by atoms with Gasteiger partial charge < -0.3 is 31.7 Å². The van der Waals surface area contributed by atoms with E-state index >= 15 is 0 Å². The average molecular weight is 433 g/mol. The number of carboxylic acid groups (broad SMARTS) is 1. The molecular weight excluding hydrogens is 403 g/mol. The van der Waals surface area contributed by atoms with E-state index < -0.39 is 17.8 Å². The number of anilines is 1. The Morgan fingerprint density at radius 2 is 1.87 bits per heavy atom. The van der Waals surface area contributed by atoms with Crippen LogP contribution in [0.15, 0.2) is 40.9 Å². The molecule has 2 aliphatic rings. The molecule has 9 nitrogen and oxygen atoms in total. The summed E-state index contributed by atoms with van der Waals surface area (Å²) >= 11 is 0. The lowest BCUT2D eigenvalue weighted by Crippen LogP contribution is -2.56. The molecule has 2 fully saturated rings. The van der Waals surface area contributed by atoms with E-state index in [9.17, 15) is 14.0 Å². The fraction of sp³-hybridized carbons (Fsp3) is 0.476. The predicted octanol–water partition coefficient (Wildman–Crippen LogP) is 1.34. The zero-order valence-electron chi connectivity index (χ0n) is 17.6. The molecule has 1 unspecified atom stereocenters. The van der Waals surface area contributed by atoms with Crippen LogP contribution in [0.1, 0.15) is 36.0 Å². The van der Waals surface area contributed by atoms with Crippen LogP contribution in [0.4, 0.5) is 10.1 Å². The van der Waals surface area contributed by atoms with Gasteiger partial charge in [-0.1, -0.05) is 0 Å². The summed E-state index contributed by atoms with van der Waals surface area (Å²) in [6.45, 7) is 1.66. The molecule has 168 valence electrons. The number of benzene rings is 1. The van der Waals surface area contributed by atoms with Crippen LogP contribution >= 0.6 is 0 Å². The van der Waals surface area contributed by atoms with Gasteiger partial charge in [0.2, 0.25) is 11.7 Å². The highest BCUT2D eigenvalue weighted by atomic mass is 19.1. The van der Waals surface area contributed by atoms with Crippen molar-refractivity contribution in [3.63, 3.8) is 0 Å². The summed E-state index contributed by atoms with van der Waals surface area (Å²) < 4.78 is 14.3. The molecule has 0 spiro atoms. The van der Waals surface area contributed by atoms with E-state index in [0.29, 0.717) is 31.7 Å². The quantitative estimate of drug-likeness (QED) is 0.393. The van der Waals surface area contributed by atoms with Gasteiger partial charge in [-0.2, -0.15) is 4.39 Å². The topological polar surface area (TPSA) is 137 Å². The van der Waals surface area contributed by atoms with Crippen LogP contribution in [0.2, 0.25) is 0 Å². The first-order valence-corrected chi connectivity index (χ1v) is 10.3. The van der Waals surface area contributed by atoms with Crippen LogP contribution in [0, 0.1) is 0 Å². The number of hydrogen-bond acceptors (Lipinski definition) is 6. The van der Waals surface area contributed by atoms with Crippen molar-refractivity contribution in [1.29, 1.82) is 0 Å². The van der Waals surface area contributed by atoms with Crippen LogP contribution in [0.3, 0.4) is 0 Å². The summed E-state index contributed by atoms with van der Waals surface area (Å²) in [6.07, 6.45) is 3.11. The van der Waals surface area contributed by atoms with E-state index in [2.05, 4.69) is 10.3 Å². The van der Waals surface area contributed by atoms with Gasteiger partial charge in [0.25, 0.3) is 0 Å². The number of piperidine rings is 2. The summed E-state index contributed by atoms with van der Waals surface area (Å²) in [5.74, 6) is -2.04. The number of aliphatic imine (C=N–C) groups is 1. The smallest absolute Gasteiger partial charge is 0.335 e. The molecule has 2 heterocycles. The molecule has 1 amide bonds.